The third kappa shape index (κ3) is 7.02. The number of ether oxygens (including phenoxy) is 4. The monoisotopic (exact) mass is 477 g/mol. The summed E-state index contributed by atoms with van der Waals surface area (Å²) < 4.78 is 23.0. The van der Waals surface area contributed by atoms with E-state index in [9.17, 15) is 4.79 Å². The number of rotatable bonds is 10. The maximum atomic E-state index is 11.6. The second-order valence-corrected chi connectivity index (χ2v) is 21.9. The van der Waals surface area contributed by atoms with Gasteiger partial charge in [0.1, 0.15) is 0 Å². The molecule has 0 bridgehead atoms. The molecular weight excluding hydrogens is 438 g/mol. The number of carbonyl (C=O) groups is 1. The Morgan fingerprint density at radius 2 is 1.72 bits per heavy atom. The molecule has 2 aliphatic rings. The van der Waals surface area contributed by atoms with E-state index in [-0.39, 0.29) is 18.9 Å². The number of fused-ring (bicyclic) bond motifs is 1. The summed E-state index contributed by atoms with van der Waals surface area (Å²) in [4.78, 5) is 14.3. The molecule has 3 rings (SSSR count). The molecule has 1 fully saturated rings. The molecule has 2 aliphatic heterocycles. The fourth-order valence-corrected chi connectivity index (χ4v) is 8.29. The third-order valence-corrected chi connectivity index (χ3v) is 9.68. The maximum Gasteiger partial charge on any atom is 0.231 e. The van der Waals surface area contributed by atoms with E-state index in [1.807, 2.05) is 12.1 Å². The molecule has 8 heteroatoms. The van der Waals surface area contributed by atoms with Crippen molar-refractivity contribution in [1.82, 2.24) is 4.90 Å². The average Bonchev–Trinajstić information content (AvgIpc) is 3.32. The van der Waals surface area contributed by atoms with Crippen LogP contribution in [0.1, 0.15) is 24.5 Å². The van der Waals surface area contributed by atoms with Crippen molar-refractivity contribution in [3.8, 4) is 11.5 Å². The van der Waals surface area contributed by atoms with E-state index in [0.29, 0.717) is 18.9 Å². The second-order valence-electron chi connectivity index (χ2n) is 11.1. The number of nitrogens with zero attached hydrogens (tertiary/aromatic N) is 1. The van der Waals surface area contributed by atoms with Crippen molar-refractivity contribution in [1.29, 1.82) is 0 Å². The normalized spacial score (nSPS) is 18.1. The molecule has 0 aromatic heterocycles. The molecule has 6 nitrogen and oxygen atoms in total. The van der Waals surface area contributed by atoms with Crippen LogP contribution in [0.25, 0.3) is 6.08 Å². The first kappa shape index (κ1) is 25.2. The van der Waals surface area contributed by atoms with Gasteiger partial charge in [-0.1, -0.05) is 45.4 Å². The Balaban J connectivity index is 1.97. The highest BCUT2D eigenvalue weighted by Crippen LogP contribution is 2.37. The van der Waals surface area contributed by atoms with E-state index in [1.165, 1.54) is 0 Å². The highest BCUT2D eigenvalue weighted by atomic mass is 28.3. The lowest BCUT2D eigenvalue weighted by molar-refractivity contribution is -0.112. The summed E-state index contributed by atoms with van der Waals surface area (Å²) in [5.41, 5.74) is 2.57. The molecule has 1 aromatic rings. The van der Waals surface area contributed by atoms with Gasteiger partial charge in [-0.15, -0.1) is 0 Å². The first-order chi connectivity index (χ1) is 14.9. The molecule has 2 heterocycles. The first-order valence-electron chi connectivity index (χ1n) is 11.5. The molecule has 1 unspecified atom stereocenters. The average molecular weight is 478 g/mol. The van der Waals surface area contributed by atoms with Gasteiger partial charge in [-0.2, -0.15) is 0 Å². The van der Waals surface area contributed by atoms with Gasteiger partial charge in [-0.05, 0) is 42.4 Å². The van der Waals surface area contributed by atoms with Crippen LogP contribution in [0.5, 0.6) is 11.5 Å². The van der Waals surface area contributed by atoms with E-state index >= 15 is 0 Å². The zero-order valence-corrected chi connectivity index (χ0v) is 22.7. The van der Waals surface area contributed by atoms with E-state index in [0.717, 1.165) is 41.8 Å². The summed E-state index contributed by atoms with van der Waals surface area (Å²) in [5.74, 6) is 1.55. The molecule has 1 atom stereocenters. The Bertz CT molecular complexity index is 838. The first-order valence-corrected chi connectivity index (χ1v) is 18.8. The van der Waals surface area contributed by atoms with Gasteiger partial charge in [-0.3, -0.25) is 4.79 Å². The van der Waals surface area contributed by atoms with Crippen molar-refractivity contribution in [3.05, 3.63) is 29.3 Å². The summed E-state index contributed by atoms with van der Waals surface area (Å²) in [5, 5.41) is 0. The molecule has 0 spiro atoms. The van der Waals surface area contributed by atoms with Gasteiger partial charge in [-0.25, -0.2) is 0 Å². The Kier molecular flexibility index (Phi) is 8.04. The zero-order chi connectivity index (χ0) is 23.5. The van der Waals surface area contributed by atoms with Gasteiger partial charge in [0.05, 0.1) is 29.4 Å². The SMILES string of the molecule is CC(=O)/C=C/c1cc2c(cc1CN(C[Si](C)(C)C)C(CC1OCCO1)[Si](C)(C)C)OCO2. The number of carbonyl (C=O) groups excluding carboxylic acids is 1. The summed E-state index contributed by atoms with van der Waals surface area (Å²) >= 11 is 0. The molecule has 0 radical (unpaired) electrons. The molecule has 1 aromatic carbocycles. The van der Waals surface area contributed by atoms with Crippen molar-refractivity contribution in [3.63, 3.8) is 0 Å². The van der Waals surface area contributed by atoms with E-state index in [2.05, 4.69) is 50.2 Å². The molecular formula is C24H39NO5Si2. The second kappa shape index (κ2) is 10.2. The molecule has 32 heavy (non-hydrogen) atoms. The minimum absolute atomic E-state index is 0.0306. The number of hydrogen-bond donors (Lipinski definition) is 0. The van der Waals surface area contributed by atoms with Crippen LogP contribution >= 0.6 is 0 Å². The predicted molar refractivity (Wildman–Crippen MR) is 133 cm³/mol. The van der Waals surface area contributed by atoms with Crippen LogP contribution in [-0.2, 0) is 20.8 Å². The van der Waals surface area contributed by atoms with Crippen molar-refractivity contribution in [2.24, 2.45) is 0 Å². The van der Waals surface area contributed by atoms with E-state index in [4.69, 9.17) is 18.9 Å². The quantitative estimate of drug-likeness (QED) is 0.359. The number of ketones is 1. The highest BCUT2D eigenvalue weighted by Gasteiger charge is 2.37. The Hall–Kier alpha value is -1.46. The third-order valence-electron chi connectivity index (χ3n) is 5.73. The van der Waals surface area contributed by atoms with Gasteiger partial charge in [0.25, 0.3) is 0 Å². The zero-order valence-electron chi connectivity index (χ0n) is 20.7. The number of hydrogen-bond acceptors (Lipinski definition) is 6. The molecule has 0 N–H and O–H groups in total. The van der Waals surface area contributed by atoms with Gasteiger partial charge in [0.15, 0.2) is 23.6 Å². The molecule has 0 saturated carbocycles. The fraction of sp³-hybridized carbons (Fsp3) is 0.625. The largest absolute Gasteiger partial charge is 0.454 e. The van der Waals surface area contributed by atoms with E-state index in [1.54, 1.807) is 13.0 Å². The predicted octanol–water partition coefficient (Wildman–Crippen LogP) is 4.71. The minimum Gasteiger partial charge on any atom is -0.454 e. The molecule has 1 saturated heterocycles. The van der Waals surface area contributed by atoms with Gasteiger partial charge >= 0.3 is 0 Å². The number of benzene rings is 1. The van der Waals surface area contributed by atoms with Crippen molar-refractivity contribution >= 4 is 28.0 Å². The van der Waals surface area contributed by atoms with Crippen molar-refractivity contribution < 1.29 is 23.7 Å². The highest BCUT2D eigenvalue weighted by molar-refractivity contribution is 6.78. The summed E-state index contributed by atoms with van der Waals surface area (Å²) in [6.45, 7) is 18.5. The van der Waals surface area contributed by atoms with Crippen LogP contribution in [0.3, 0.4) is 0 Å². The van der Waals surface area contributed by atoms with Gasteiger partial charge in [0.2, 0.25) is 6.79 Å². The maximum absolute atomic E-state index is 11.6. The summed E-state index contributed by atoms with van der Waals surface area (Å²) in [6.07, 6.45) is 5.38. The lowest BCUT2D eigenvalue weighted by atomic mass is 10.0. The Labute approximate surface area is 194 Å². The standard InChI is InChI=1S/C24H39NO5Si2/c1-18(26)8-9-19-12-21-22(30-17-29-21)13-20(19)15-25(16-31(2,3)4)23(32(5,6)7)14-24-27-10-11-28-24/h8-9,12-13,23-24H,10-11,14-17H2,1-7H3/b9-8+. The molecule has 178 valence electrons. The van der Waals surface area contributed by atoms with Crippen LogP contribution in [0, 0.1) is 0 Å². The van der Waals surface area contributed by atoms with Crippen LogP contribution in [0.2, 0.25) is 39.3 Å². The smallest absolute Gasteiger partial charge is 0.231 e. The van der Waals surface area contributed by atoms with Crippen molar-refractivity contribution in [2.75, 3.05) is 26.2 Å². The lowest BCUT2D eigenvalue weighted by Gasteiger charge is -2.43. The topological polar surface area (TPSA) is 57.2 Å². The van der Waals surface area contributed by atoms with E-state index < -0.39 is 16.1 Å². The fourth-order valence-electron chi connectivity index (χ4n) is 4.38. The van der Waals surface area contributed by atoms with Crippen LogP contribution in [0.15, 0.2) is 18.2 Å². The number of allylic oxidation sites excluding steroid dienone is 1. The molecule has 0 aliphatic carbocycles. The summed E-state index contributed by atoms with van der Waals surface area (Å²) in [7, 11) is -2.99. The Morgan fingerprint density at radius 1 is 1.09 bits per heavy atom. The summed E-state index contributed by atoms with van der Waals surface area (Å²) in [6, 6.07) is 4.08. The van der Waals surface area contributed by atoms with Crippen molar-refractivity contribution in [2.45, 2.75) is 71.1 Å². The van der Waals surface area contributed by atoms with Crippen LogP contribution in [-0.4, -0.2) is 65.0 Å². The van der Waals surface area contributed by atoms with Crippen LogP contribution < -0.4 is 9.47 Å². The minimum atomic E-state index is -1.59. The van der Waals surface area contributed by atoms with Gasteiger partial charge in [0, 0.05) is 18.6 Å². The molecule has 0 amide bonds. The van der Waals surface area contributed by atoms with Gasteiger partial charge < -0.3 is 23.8 Å². The lowest BCUT2D eigenvalue weighted by Crippen LogP contribution is -2.56. The Morgan fingerprint density at radius 3 is 2.28 bits per heavy atom. The van der Waals surface area contributed by atoms with Crippen LogP contribution in [0.4, 0.5) is 0 Å².